The molecule has 3 N–H and O–H groups in total. The van der Waals surface area contributed by atoms with Crippen molar-refractivity contribution in [3.05, 3.63) is 17.7 Å². The zero-order valence-electron chi connectivity index (χ0n) is 8.73. The Labute approximate surface area is 88.8 Å². The SMILES string of the molecule is Cc1cc(O)c(O)cc1OCCCCO. The average molecular weight is 212 g/mol. The van der Waals surface area contributed by atoms with Crippen molar-refractivity contribution in [2.75, 3.05) is 13.2 Å². The lowest BCUT2D eigenvalue weighted by Gasteiger charge is -2.09. The Morgan fingerprint density at radius 3 is 2.47 bits per heavy atom. The number of aliphatic hydroxyl groups is 1. The van der Waals surface area contributed by atoms with Gasteiger partial charge >= 0.3 is 0 Å². The number of unbranched alkanes of at least 4 members (excludes halogenated alkanes) is 1. The van der Waals surface area contributed by atoms with Crippen molar-refractivity contribution in [2.24, 2.45) is 0 Å². The minimum Gasteiger partial charge on any atom is -0.504 e. The third kappa shape index (κ3) is 3.32. The van der Waals surface area contributed by atoms with Crippen LogP contribution >= 0.6 is 0 Å². The zero-order chi connectivity index (χ0) is 11.3. The second-order valence-electron chi connectivity index (χ2n) is 3.39. The standard InChI is InChI=1S/C11H16O4/c1-8-6-9(13)10(14)7-11(8)15-5-3-2-4-12/h6-7,12-14H,2-5H2,1H3. The fourth-order valence-corrected chi connectivity index (χ4v) is 1.21. The number of phenols is 2. The number of ether oxygens (including phenoxy) is 1. The molecule has 0 aliphatic carbocycles. The Bertz CT molecular complexity index is 323. The van der Waals surface area contributed by atoms with E-state index in [1.165, 1.54) is 12.1 Å². The maximum atomic E-state index is 9.26. The number of aliphatic hydroxyl groups excluding tert-OH is 1. The normalized spacial score (nSPS) is 10.3. The van der Waals surface area contributed by atoms with E-state index in [-0.39, 0.29) is 18.1 Å². The highest BCUT2D eigenvalue weighted by atomic mass is 16.5. The number of hydrogen-bond donors (Lipinski definition) is 3. The lowest BCUT2D eigenvalue weighted by atomic mass is 10.2. The quantitative estimate of drug-likeness (QED) is 0.511. The van der Waals surface area contributed by atoms with Gasteiger partial charge in [-0.2, -0.15) is 0 Å². The van der Waals surface area contributed by atoms with E-state index in [0.29, 0.717) is 18.8 Å². The van der Waals surface area contributed by atoms with Gasteiger partial charge in [-0.1, -0.05) is 0 Å². The van der Waals surface area contributed by atoms with E-state index in [2.05, 4.69) is 0 Å². The molecule has 0 amide bonds. The first kappa shape index (κ1) is 11.7. The van der Waals surface area contributed by atoms with Crippen molar-refractivity contribution in [1.29, 1.82) is 0 Å². The van der Waals surface area contributed by atoms with Crippen molar-refractivity contribution >= 4 is 0 Å². The number of phenolic OH excluding ortho intramolecular Hbond substituents is 2. The minimum absolute atomic E-state index is 0.143. The summed E-state index contributed by atoms with van der Waals surface area (Å²) in [5.74, 6) is 0.233. The van der Waals surface area contributed by atoms with E-state index >= 15 is 0 Å². The van der Waals surface area contributed by atoms with Gasteiger partial charge in [-0.25, -0.2) is 0 Å². The smallest absolute Gasteiger partial charge is 0.161 e. The molecule has 0 atom stereocenters. The Morgan fingerprint density at radius 1 is 1.13 bits per heavy atom. The average Bonchev–Trinajstić information content (AvgIpc) is 2.20. The molecule has 0 aromatic heterocycles. The van der Waals surface area contributed by atoms with Gasteiger partial charge in [0.25, 0.3) is 0 Å². The lowest BCUT2D eigenvalue weighted by Crippen LogP contribution is -1.99. The summed E-state index contributed by atoms with van der Waals surface area (Å²) in [6, 6.07) is 2.85. The first-order chi connectivity index (χ1) is 7.15. The Morgan fingerprint density at radius 2 is 1.80 bits per heavy atom. The number of rotatable bonds is 5. The molecule has 0 fully saturated rings. The van der Waals surface area contributed by atoms with Gasteiger partial charge in [0.1, 0.15) is 5.75 Å². The number of hydrogen-bond acceptors (Lipinski definition) is 4. The second kappa shape index (κ2) is 5.46. The van der Waals surface area contributed by atoms with Crippen LogP contribution in [0.25, 0.3) is 0 Å². The molecule has 0 saturated heterocycles. The molecule has 1 aromatic rings. The molecule has 0 aliphatic rings. The van der Waals surface area contributed by atoms with E-state index < -0.39 is 0 Å². The van der Waals surface area contributed by atoms with Gasteiger partial charge in [-0.3, -0.25) is 0 Å². The van der Waals surface area contributed by atoms with Gasteiger partial charge in [0.15, 0.2) is 11.5 Å². The van der Waals surface area contributed by atoms with Crippen molar-refractivity contribution in [3.8, 4) is 17.2 Å². The predicted octanol–water partition coefficient (Wildman–Crippen LogP) is 1.56. The largest absolute Gasteiger partial charge is 0.504 e. The Hall–Kier alpha value is -1.42. The summed E-state index contributed by atoms with van der Waals surface area (Å²) in [7, 11) is 0. The first-order valence-electron chi connectivity index (χ1n) is 4.91. The van der Waals surface area contributed by atoms with Crippen LogP contribution in [0.3, 0.4) is 0 Å². The lowest BCUT2D eigenvalue weighted by molar-refractivity contribution is 0.252. The number of aromatic hydroxyl groups is 2. The van der Waals surface area contributed by atoms with E-state index in [1.807, 2.05) is 0 Å². The molecule has 0 radical (unpaired) electrons. The van der Waals surface area contributed by atoms with E-state index in [0.717, 1.165) is 12.0 Å². The number of aryl methyl sites for hydroxylation is 1. The summed E-state index contributed by atoms with van der Waals surface area (Å²) in [5, 5.41) is 27.0. The molecular formula is C11H16O4. The monoisotopic (exact) mass is 212 g/mol. The molecule has 1 rings (SSSR count). The van der Waals surface area contributed by atoms with Crippen LogP contribution in [-0.4, -0.2) is 28.5 Å². The van der Waals surface area contributed by atoms with Gasteiger partial charge in [0.05, 0.1) is 6.61 Å². The predicted molar refractivity (Wildman–Crippen MR) is 56.3 cm³/mol. The summed E-state index contributed by atoms with van der Waals surface area (Å²) < 4.78 is 5.39. The summed E-state index contributed by atoms with van der Waals surface area (Å²) in [6.45, 7) is 2.44. The summed E-state index contributed by atoms with van der Waals surface area (Å²) in [6.07, 6.45) is 1.46. The molecule has 84 valence electrons. The van der Waals surface area contributed by atoms with Crippen LogP contribution in [0.2, 0.25) is 0 Å². The van der Waals surface area contributed by atoms with Gasteiger partial charge in [0.2, 0.25) is 0 Å². The Kier molecular flexibility index (Phi) is 4.24. The molecule has 0 aliphatic heterocycles. The molecular weight excluding hydrogens is 196 g/mol. The number of benzene rings is 1. The molecule has 15 heavy (non-hydrogen) atoms. The summed E-state index contributed by atoms with van der Waals surface area (Å²) in [4.78, 5) is 0. The maximum Gasteiger partial charge on any atom is 0.161 e. The van der Waals surface area contributed by atoms with Crippen LogP contribution < -0.4 is 4.74 Å². The van der Waals surface area contributed by atoms with Gasteiger partial charge in [-0.15, -0.1) is 0 Å². The fraction of sp³-hybridized carbons (Fsp3) is 0.455. The van der Waals surface area contributed by atoms with Crippen molar-refractivity contribution in [2.45, 2.75) is 19.8 Å². The first-order valence-corrected chi connectivity index (χ1v) is 4.91. The fourth-order valence-electron chi connectivity index (χ4n) is 1.21. The van der Waals surface area contributed by atoms with Gasteiger partial charge < -0.3 is 20.1 Å². The molecule has 0 unspecified atom stereocenters. The molecule has 0 bridgehead atoms. The van der Waals surface area contributed by atoms with Crippen molar-refractivity contribution in [1.82, 2.24) is 0 Å². The molecule has 1 aromatic carbocycles. The summed E-state index contributed by atoms with van der Waals surface area (Å²) >= 11 is 0. The van der Waals surface area contributed by atoms with Gasteiger partial charge in [-0.05, 0) is 31.4 Å². The maximum absolute atomic E-state index is 9.26. The molecule has 4 nitrogen and oxygen atoms in total. The zero-order valence-corrected chi connectivity index (χ0v) is 8.73. The third-order valence-corrected chi connectivity index (χ3v) is 2.08. The van der Waals surface area contributed by atoms with Crippen LogP contribution in [0.1, 0.15) is 18.4 Å². The molecule has 4 heteroatoms. The van der Waals surface area contributed by atoms with E-state index in [9.17, 15) is 10.2 Å². The van der Waals surface area contributed by atoms with Crippen molar-refractivity contribution in [3.63, 3.8) is 0 Å². The van der Waals surface area contributed by atoms with E-state index in [1.54, 1.807) is 6.92 Å². The minimum atomic E-state index is -0.183. The van der Waals surface area contributed by atoms with E-state index in [4.69, 9.17) is 9.84 Å². The molecule has 0 heterocycles. The highest BCUT2D eigenvalue weighted by Crippen LogP contribution is 2.32. The Balaban J connectivity index is 2.57. The second-order valence-corrected chi connectivity index (χ2v) is 3.39. The van der Waals surface area contributed by atoms with Crippen LogP contribution in [0.15, 0.2) is 12.1 Å². The summed E-state index contributed by atoms with van der Waals surface area (Å²) in [5.41, 5.74) is 0.772. The van der Waals surface area contributed by atoms with Crippen LogP contribution in [0.5, 0.6) is 17.2 Å². The van der Waals surface area contributed by atoms with Crippen LogP contribution in [0.4, 0.5) is 0 Å². The molecule has 0 saturated carbocycles. The topological polar surface area (TPSA) is 69.9 Å². The molecule has 0 spiro atoms. The highest BCUT2D eigenvalue weighted by Gasteiger charge is 2.05. The van der Waals surface area contributed by atoms with Crippen LogP contribution in [0, 0.1) is 6.92 Å². The van der Waals surface area contributed by atoms with Crippen molar-refractivity contribution < 1.29 is 20.1 Å². The third-order valence-electron chi connectivity index (χ3n) is 2.08. The van der Waals surface area contributed by atoms with Crippen LogP contribution in [-0.2, 0) is 0 Å². The van der Waals surface area contributed by atoms with Gasteiger partial charge in [0, 0.05) is 12.7 Å². The highest BCUT2D eigenvalue weighted by molar-refractivity contribution is 5.48.